The third-order valence-electron chi connectivity index (χ3n) is 4.30. The van der Waals surface area contributed by atoms with Crippen LogP contribution in [0.5, 0.6) is 0 Å². The zero-order chi connectivity index (χ0) is 24.0. The first-order valence-electron chi connectivity index (χ1n) is 10.8. The van der Waals surface area contributed by atoms with Crippen LogP contribution in [0.1, 0.15) is 26.7 Å². The summed E-state index contributed by atoms with van der Waals surface area (Å²) in [5.74, 6) is -1.08. The zero-order valence-electron chi connectivity index (χ0n) is 21.2. The maximum atomic E-state index is 12.3. The van der Waals surface area contributed by atoms with Crippen molar-refractivity contribution in [3.8, 4) is 0 Å². The molecule has 10 heteroatoms. The first kappa shape index (κ1) is 29.5. The van der Waals surface area contributed by atoms with Crippen molar-refractivity contribution in [1.29, 1.82) is 0 Å². The van der Waals surface area contributed by atoms with Gasteiger partial charge in [-0.05, 0) is 78.3 Å². The highest BCUT2D eigenvalue weighted by Crippen LogP contribution is 2.23. The molecule has 0 rings (SSSR count). The van der Waals surface area contributed by atoms with Crippen LogP contribution in [0.2, 0.25) is 65.5 Å². The summed E-state index contributed by atoms with van der Waals surface area (Å²) in [5.41, 5.74) is -0.533. The average molecular weight is 493 g/mol. The molecule has 30 heavy (non-hydrogen) atoms. The fraction of sp³-hybridized carbons (Fsp3) is 0.800. The van der Waals surface area contributed by atoms with E-state index in [0.717, 1.165) is 12.2 Å². The van der Waals surface area contributed by atoms with E-state index in [1.165, 1.54) is 0 Å². The van der Waals surface area contributed by atoms with Gasteiger partial charge in [0.15, 0.2) is 16.6 Å². The Labute approximate surface area is 188 Å². The van der Waals surface area contributed by atoms with E-state index >= 15 is 0 Å². The second-order valence-corrected chi connectivity index (χ2v) is 28.4. The van der Waals surface area contributed by atoms with Gasteiger partial charge in [-0.25, -0.2) is 9.59 Å². The van der Waals surface area contributed by atoms with Crippen molar-refractivity contribution in [1.82, 2.24) is 0 Å². The van der Waals surface area contributed by atoms with Crippen molar-refractivity contribution in [2.75, 3.05) is 0 Å². The van der Waals surface area contributed by atoms with Gasteiger partial charge in [0.1, 0.15) is 11.5 Å². The van der Waals surface area contributed by atoms with Gasteiger partial charge in [0.2, 0.25) is 16.6 Å². The van der Waals surface area contributed by atoms with E-state index in [1.807, 2.05) is 13.8 Å². The van der Waals surface area contributed by atoms with Crippen LogP contribution in [0.15, 0.2) is 12.2 Å². The lowest BCUT2D eigenvalue weighted by Crippen LogP contribution is -2.52. The lowest BCUT2D eigenvalue weighted by Gasteiger charge is -2.36. The Hall–Kier alpha value is -0.532. The van der Waals surface area contributed by atoms with Crippen molar-refractivity contribution in [2.24, 2.45) is 0 Å². The molecule has 0 radical (unpaired) electrons. The normalized spacial score (nSPS) is 15.7. The summed E-state index contributed by atoms with van der Waals surface area (Å²) in [4.78, 5) is 24.6. The minimum Gasteiger partial charge on any atom is -0.460 e. The lowest BCUT2D eigenvalue weighted by molar-refractivity contribution is -0.143. The summed E-state index contributed by atoms with van der Waals surface area (Å²) < 4.78 is 23.9. The first-order chi connectivity index (χ1) is 13.3. The Morgan fingerprint density at radius 2 is 0.900 bits per heavy atom. The van der Waals surface area contributed by atoms with Crippen molar-refractivity contribution in [3.05, 3.63) is 12.2 Å². The molecule has 0 bridgehead atoms. The van der Waals surface area contributed by atoms with E-state index in [0.29, 0.717) is 12.8 Å². The van der Waals surface area contributed by atoms with Gasteiger partial charge in [-0.3, -0.25) is 0 Å². The predicted molar refractivity (Wildman–Crippen MR) is 133 cm³/mol. The summed E-state index contributed by atoms with van der Waals surface area (Å²) in [7, 11) is -7.90. The molecule has 2 unspecified atom stereocenters. The molecule has 0 heterocycles. The largest absolute Gasteiger partial charge is 0.460 e. The van der Waals surface area contributed by atoms with Crippen LogP contribution in [0.4, 0.5) is 0 Å². The molecule has 0 aliphatic heterocycles. The van der Waals surface area contributed by atoms with Crippen molar-refractivity contribution >= 4 is 45.2 Å². The Morgan fingerprint density at radius 3 is 1.10 bits per heavy atom. The van der Waals surface area contributed by atoms with Gasteiger partial charge in [0.25, 0.3) is 0 Å². The summed E-state index contributed by atoms with van der Waals surface area (Å²) in [6, 6.07) is 0. The Bertz CT molecular complexity index is 553. The van der Waals surface area contributed by atoms with Gasteiger partial charge in [-0.2, -0.15) is 0 Å². The number of ether oxygens (including phenoxy) is 2. The molecule has 0 aromatic rings. The summed E-state index contributed by atoms with van der Waals surface area (Å²) >= 11 is 0. The van der Waals surface area contributed by atoms with E-state index in [2.05, 4.69) is 65.5 Å². The Balaban J connectivity index is 5.02. The van der Waals surface area contributed by atoms with E-state index in [9.17, 15) is 9.59 Å². The fourth-order valence-electron chi connectivity index (χ4n) is 3.64. The minimum absolute atomic E-state index is 0.266. The molecule has 0 spiro atoms. The third kappa shape index (κ3) is 11.7. The monoisotopic (exact) mass is 492 g/mol. The van der Waals surface area contributed by atoms with Crippen molar-refractivity contribution < 1.29 is 27.3 Å². The van der Waals surface area contributed by atoms with Crippen LogP contribution >= 0.6 is 0 Å². The molecular weight excluding hydrogens is 449 g/mol. The topological polar surface area (TPSA) is 71.1 Å². The Morgan fingerprint density at radius 1 is 0.633 bits per heavy atom. The molecular formula is C20H44O6Si4. The quantitative estimate of drug-likeness (QED) is 0.207. The number of carbonyl (C=O) groups is 2. The SMILES string of the molecule is CCC(OC(=O)C=CC(=O)OC(CC)[Si](C)(C)O[Si](C)(C)C)[Si](C)(C)O[Si](C)(C)C. The zero-order valence-corrected chi connectivity index (χ0v) is 25.2. The van der Waals surface area contributed by atoms with E-state index in [4.69, 9.17) is 17.7 Å². The predicted octanol–water partition coefficient (Wildman–Crippen LogP) is 5.38. The summed E-state index contributed by atoms with van der Waals surface area (Å²) in [6.45, 7) is 25.0. The lowest BCUT2D eigenvalue weighted by atomic mass is 10.4. The van der Waals surface area contributed by atoms with E-state index < -0.39 is 45.2 Å². The molecule has 0 aliphatic rings. The highest BCUT2D eigenvalue weighted by atomic mass is 28.4. The molecule has 0 saturated heterocycles. The van der Waals surface area contributed by atoms with Gasteiger partial charge in [-0.1, -0.05) is 13.8 Å². The fourth-order valence-corrected chi connectivity index (χ4v) is 20.1. The second kappa shape index (κ2) is 11.4. The Kier molecular flexibility index (Phi) is 11.2. The number of carbonyl (C=O) groups excluding carboxylic acids is 2. The van der Waals surface area contributed by atoms with Crippen molar-refractivity contribution in [2.45, 2.75) is 104 Å². The molecule has 0 N–H and O–H groups in total. The summed E-state index contributed by atoms with van der Waals surface area (Å²) in [5, 5.41) is 0. The molecule has 0 saturated carbocycles. The molecule has 0 aromatic heterocycles. The standard InChI is InChI=1S/C20H44O6Si4/c1-13-19(29(9,10)25-27(3,4)5)23-17(21)15-16-18(22)24-20(14-2)30(11,12)26-28(6,7)8/h15-16,19-20H,13-14H2,1-12H3. The smallest absolute Gasteiger partial charge is 0.331 e. The van der Waals surface area contributed by atoms with Crippen molar-refractivity contribution in [3.63, 3.8) is 0 Å². The maximum absolute atomic E-state index is 12.3. The van der Waals surface area contributed by atoms with Crippen LogP contribution in [-0.4, -0.2) is 56.7 Å². The number of rotatable bonds is 12. The van der Waals surface area contributed by atoms with Crippen LogP contribution in [0.25, 0.3) is 0 Å². The number of hydrogen-bond donors (Lipinski definition) is 0. The van der Waals surface area contributed by atoms with Gasteiger partial charge >= 0.3 is 11.9 Å². The number of esters is 2. The molecule has 2 atom stereocenters. The van der Waals surface area contributed by atoms with E-state index in [1.54, 1.807) is 0 Å². The molecule has 0 fully saturated rings. The molecule has 0 amide bonds. The second-order valence-electron chi connectivity index (χ2n) is 10.6. The van der Waals surface area contributed by atoms with Crippen LogP contribution in [0.3, 0.4) is 0 Å². The highest BCUT2D eigenvalue weighted by molar-refractivity contribution is 6.85. The third-order valence-corrected chi connectivity index (χ3v) is 17.6. The summed E-state index contributed by atoms with van der Waals surface area (Å²) in [6.07, 6.45) is 3.67. The first-order valence-corrected chi connectivity index (χ1v) is 23.6. The maximum Gasteiger partial charge on any atom is 0.331 e. The molecule has 176 valence electrons. The molecule has 0 aromatic carbocycles. The van der Waals surface area contributed by atoms with Gasteiger partial charge in [-0.15, -0.1) is 0 Å². The highest BCUT2D eigenvalue weighted by Gasteiger charge is 2.40. The minimum atomic E-state index is -2.21. The molecule has 0 aliphatic carbocycles. The number of hydrogen-bond acceptors (Lipinski definition) is 6. The van der Waals surface area contributed by atoms with Gasteiger partial charge in [0, 0.05) is 12.2 Å². The van der Waals surface area contributed by atoms with Gasteiger partial charge in [0.05, 0.1) is 0 Å². The molecule has 6 nitrogen and oxygen atoms in total. The average Bonchev–Trinajstić information content (AvgIpc) is 2.50. The van der Waals surface area contributed by atoms with Crippen LogP contribution in [-0.2, 0) is 27.3 Å². The van der Waals surface area contributed by atoms with E-state index in [-0.39, 0.29) is 11.5 Å². The van der Waals surface area contributed by atoms with Gasteiger partial charge < -0.3 is 17.7 Å². The van der Waals surface area contributed by atoms with Crippen LogP contribution in [0, 0.1) is 0 Å². The van der Waals surface area contributed by atoms with Crippen LogP contribution < -0.4 is 0 Å².